The molecule has 0 aliphatic carbocycles. The largest absolute Gasteiger partial charge is 0.464 e. The van der Waals surface area contributed by atoms with Gasteiger partial charge in [0, 0.05) is 11.8 Å². The van der Waals surface area contributed by atoms with Gasteiger partial charge in [0.25, 0.3) is 0 Å². The first-order valence-electron chi connectivity index (χ1n) is 3.95. The summed E-state index contributed by atoms with van der Waals surface area (Å²) < 4.78 is 9.81. The van der Waals surface area contributed by atoms with Crippen LogP contribution in [0.25, 0.3) is 0 Å². The molecule has 0 aromatic carbocycles. The van der Waals surface area contributed by atoms with E-state index in [0.717, 1.165) is 11.1 Å². The minimum atomic E-state index is -0.401. The average molecular weight is 179 g/mol. The highest BCUT2D eigenvalue weighted by Gasteiger charge is 2.20. The first-order valence-corrected chi connectivity index (χ1v) is 3.95. The highest BCUT2D eigenvalue weighted by molar-refractivity contribution is 5.89. The van der Waals surface area contributed by atoms with Gasteiger partial charge < -0.3 is 9.47 Å². The maximum absolute atomic E-state index is 11.2. The van der Waals surface area contributed by atoms with Crippen LogP contribution >= 0.6 is 0 Å². The van der Waals surface area contributed by atoms with Crippen LogP contribution in [0.2, 0.25) is 0 Å². The van der Waals surface area contributed by atoms with E-state index in [2.05, 4.69) is 9.72 Å². The molecule has 4 heteroatoms. The number of esters is 1. The molecule has 0 atom stereocenters. The Labute approximate surface area is 75.5 Å². The van der Waals surface area contributed by atoms with Crippen LogP contribution in [0.1, 0.15) is 21.6 Å². The quantitative estimate of drug-likeness (QED) is 0.601. The fraction of sp³-hybridized carbons (Fsp3) is 0.333. The lowest BCUT2D eigenvalue weighted by atomic mass is 10.1. The highest BCUT2D eigenvalue weighted by atomic mass is 16.5. The summed E-state index contributed by atoms with van der Waals surface area (Å²) in [5, 5.41) is 0. The van der Waals surface area contributed by atoms with Crippen molar-refractivity contribution in [1.29, 1.82) is 0 Å². The zero-order chi connectivity index (χ0) is 9.26. The third-order valence-electron chi connectivity index (χ3n) is 2.04. The molecule has 0 N–H and O–H groups in total. The number of ether oxygens (including phenoxy) is 2. The first kappa shape index (κ1) is 8.19. The lowest BCUT2D eigenvalue weighted by Gasteiger charge is -2.02. The Bertz CT molecular complexity index is 349. The molecule has 0 radical (unpaired) electrons. The highest BCUT2D eigenvalue weighted by Crippen LogP contribution is 2.21. The van der Waals surface area contributed by atoms with Crippen molar-refractivity contribution in [2.75, 3.05) is 7.11 Å². The summed E-state index contributed by atoms with van der Waals surface area (Å²) in [7, 11) is 1.35. The van der Waals surface area contributed by atoms with Crippen LogP contribution in [0, 0.1) is 0 Å². The number of methoxy groups -OCH3 is 1. The maximum Gasteiger partial charge on any atom is 0.357 e. The second-order valence-corrected chi connectivity index (χ2v) is 2.78. The number of carbonyl (C=O) groups excluding carboxylic acids is 1. The summed E-state index contributed by atoms with van der Waals surface area (Å²) in [4.78, 5) is 15.2. The average Bonchev–Trinajstić information content (AvgIpc) is 2.63. The second kappa shape index (κ2) is 3.14. The molecule has 0 saturated carbocycles. The monoisotopic (exact) mass is 179 g/mol. The Kier molecular flexibility index (Phi) is 1.98. The Morgan fingerprint density at radius 1 is 1.62 bits per heavy atom. The number of pyridine rings is 1. The number of hydrogen-bond acceptors (Lipinski definition) is 4. The lowest BCUT2D eigenvalue weighted by Crippen LogP contribution is -2.08. The van der Waals surface area contributed by atoms with Crippen molar-refractivity contribution >= 4 is 5.97 Å². The van der Waals surface area contributed by atoms with E-state index in [-0.39, 0.29) is 0 Å². The van der Waals surface area contributed by atoms with E-state index in [4.69, 9.17) is 4.74 Å². The van der Waals surface area contributed by atoms with Gasteiger partial charge in [-0.15, -0.1) is 0 Å². The van der Waals surface area contributed by atoms with Crippen molar-refractivity contribution in [2.45, 2.75) is 13.2 Å². The summed E-state index contributed by atoms with van der Waals surface area (Å²) in [6.45, 7) is 1.01. The minimum absolute atomic E-state index is 0.373. The molecule has 68 valence electrons. The van der Waals surface area contributed by atoms with Crippen LogP contribution in [-0.4, -0.2) is 18.1 Å². The van der Waals surface area contributed by atoms with Crippen LogP contribution in [0.5, 0.6) is 0 Å². The normalized spacial score (nSPS) is 13.9. The molecule has 1 aromatic rings. The number of nitrogens with zero attached hydrogens (tertiary/aromatic N) is 1. The number of hydrogen-bond donors (Lipinski definition) is 0. The Hall–Kier alpha value is -1.42. The second-order valence-electron chi connectivity index (χ2n) is 2.78. The first-order chi connectivity index (χ1) is 6.33. The Morgan fingerprint density at radius 3 is 3.23 bits per heavy atom. The summed E-state index contributed by atoms with van der Waals surface area (Å²) in [5.74, 6) is -0.401. The van der Waals surface area contributed by atoms with Gasteiger partial charge in [-0.3, -0.25) is 0 Å². The van der Waals surface area contributed by atoms with Crippen LogP contribution in [0.3, 0.4) is 0 Å². The summed E-state index contributed by atoms with van der Waals surface area (Å²) in [5.41, 5.74) is 2.25. The van der Waals surface area contributed by atoms with Gasteiger partial charge >= 0.3 is 5.97 Å². The standard InChI is InChI=1S/C9H9NO3/c1-12-9(11)8-7-5-13-4-6(7)2-3-10-8/h2-3H,4-5H2,1H3. The fourth-order valence-corrected chi connectivity index (χ4v) is 1.36. The van der Waals surface area contributed by atoms with E-state index in [1.165, 1.54) is 7.11 Å². The van der Waals surface area contributed by atoms with Gasteiger partial charge in [0.1, 0.15) is 0 Å². The number of rotatable bonds is 1. The molecule has 1 aliphatic heterocycles. The van der Waals surface area contributed by atoms with E-state index in [0.29, 0.717) is 18.9 Å². The van der Waals surface area contributed by atoms with Gasteiger partial charge in [-0.1, -0.05) is 0 Å². The van der Waals surface area contributed by atoms with Gasteiger partial charge in [0.05, 0.1) is 20.3 Å². The van der Waals surface area contributed by atoms with Crippen molar-refractivity contribution in [3.05, 3.63) is 29.1 Å². The molecule has 4 nitrogen and oxygen atoms in total. The topological polar surface area (TPSA) is 48.4 Å². The van der Waals surface area contributed by atoms with Crippen molar-refractivity contribution in [3.63, 3.8) is 0 Å². The Balaban J connectivity index is 2.47. The van der Waals surface area contributed by atoms with Gasteiger partial charge in [0.15, 0.2) is 5.69 Å². The van der Waals surface area contributed by atoms with Crippen LogP contribution in [0.15, 0.2) is 12.3 Å². The summed E-state index contributed by atoms with van der Waals surface area (Å²) in [6, 6.07) is 1.86. The summed E-state index contributed by atoms with van der Waals surface area (Å²) in [6.07, 6.45) is 1.60. The fourth-order valence-electron chi connectivity index (χ4n) is 1.36. The van der Waals surface area contributed by atoms with Crippen LogP contribution in [-0.2, 0) is 22.7 Å². The van der Waals surface area contributed by atoms with Crippen LogP contribution < -0.4 is 0 Å². The molecular weight excluding hydrogens is 170 g/mol. The molecule has 0 fully saturated rings. The van der Waals surface area contributed by atoms with Gasteiger partial charge in [-0.25, -0.2) is 9.78 Å². The van der Waals surface area contributed by atoms with Gasteiger partial charge in [0.2, 0.25) is 0 Å². The molecule has 0 spiro atoms. The van der Waals surface area contributed by atoms with E-state index < -0.39 is 5.97 Å². The molecule has 0 bridgehead atoms. The molecule has 2 rings (SSSR count). The predicted molar refractivity (Wildman–Crippen MR) is 44.1 cm³/mol. The molecule has 0 unspecified atom stereocenters. The summed E-state index contributed by atoms with van der Waals surface area (Å²) >= 11 is 0. The van der Waals surface area contributed by atoms with E-state index in [1.807, 2.05) is 6.07 Å². The van der Waals surface area contributed by atoms with Crippen molar-refractivity contribution < 1.29 is 14.3 Å². The molecule has 0 amide bonds. The number of fused-ring (bicyclic) bond motifs is 1. The molecule has 13 heavy (non-hydrogen) atoms. The van der Waals surface area contributed by atoms with Crippen LogP contribution in [0.4, 0.5) is 0 Å². The number of carbonyl (C=O) groups is 1. The third-order valence-corrected chi connectivity index (χ3v) is 2.04. The van der Waals surface area contributed by atoms with Gasteiger partial charge in [-0.05, 0) is 11.6 Å². The van der Waals surface area contributed by atoms with Crippen molar-refractivity contribution in [2.24, 2.45) is 0 Å². The third kappa shape index (κ3) is 1.29. The van der Waals surface area contributed by atoms with E-state index in [9.17, 15) is 4.79 Å². The molecular formula is C9H9NO3. The molecule has 1 aromatic heterocycles. The molecule has 2 heterocycles. The minimum Gasteiger partial charge on any atom is -0.464 e. The smallest absolute Gasteiger partial charge is 0.357 e. The van der Waals surface area contributed by atoms with Gasteiger partial charge in [-0.2, -0.15) is 0 Å². The molecule has 1 aliphatic rings. The zero-order valence-electron chi connectivity index (χ0n) is 7.24. The van der Waals surface area contributed by atoms with E-state index in [1.54, 1.807) is 6.20 Å². The maximum atomic E-state index is 11.2. The lowest BCUT2D eigenvalue weighted by molar-refractivity contribution is 0.0589. The van der Waals surface area contributed by atoms with E-state index >= 15 is 0 Å². The zero-order valence-corrected chi connectivity index (χ0v) is 7.24. The Morgan fingerprint density at radius 2 is 2.46 bits per heavy atom. The SMILES string of the molecule is COC(=O)c1nccc2c1COC2. The van der Waals surface area contributed by atoms with Crippen molar-refractivity contribution in [3.8, 4) is 0 Å². The predicted octanol–water partition coefficient (Wildman–Crippen LogP) is 0.898. The number of aromatic nitrogens is 1. The molecule has 0 saturated heterocycles. The van der Waals surface area contributed by atoms with Crippen molar-refractivity contribution in [1.82, 2.24) is 4.98 Å².